The first kappa shape index (κ1) is 10.9. The van der Waals surface area contributed by atoms with E-state index >= 15 is 0 Å². The minimum absolute atomic E-state index is 0.933. The van der Waals surface area contributed by atoms with Crippen molar-refractivity contribution in [2.75, 3.05) is 7.05 Å². The predicted molar refractivity (Wildman–Crippen MR) is 64.8 cm³/mol. The van der Waals surface area contributed by atoms with Gasteiger partial charge in [-0.15, -0.1) is 0 Å². The van der Waals surface area contributed by atoms with Crippen molar-refractivity contribution in [3.05, 3.63) is 53.9 Å². The smallest absolute Gasteiger partial charge is 0.0534 e. The molecule has 1 aromatic heterocycles. The SMILES string of the molecule is CN(Cc1ccccc1)Cc1cnn(C)c1. The summed E-state index contributed by atoms with van der Waals surface area (Å²) in [4.78, 5) is 2.28. The van der Waals surface area contributed by atoms with Gasteiger partial charge in [0.1, 0.15) is 0 Å². The molecule has 0 N–H and O–H groups in total. The fraction of sp³-hybridized carbons (Fsp3) is 0.308. The van der Waals surface area contributed by atoms with Crippen molar-refractivity contribution in [2.45, 2.75) is 13.1 Å². The number of nitrogens with zero attached hydrogens (tertiary/aromatic N) is 3. The molecule has 1 heterocycles. The maximum Gasteiger partial charge on any atom is 0.0534 e. The summed E-state index contributed by atoms with van der Waals surface area (Å²) in [5.41, 5.74) is 2.59. The average Bonchev–Trinajstić information content (AvgIpc) is 2.65. The van der Waals surface area contributed by atoms with Crippen LogP contribution in [0.4, 0.5) is 0 Å². The van der Waals surface area contributed by atoms with E-state index in [4.69, 9.17) is 0 Å². The van der Waals surface area contributed by atoms with Crippen LogP contribution < -0.4 is 0 Å². The summed E-state index contributed by atoms with van der Waals surface area (Å²) in [6, 6.07) is 10.5. The summed E-state index contributed by atoms with van der Waals surface area (Å²) < 4.78 is 1.84. The van der Waals surface area contributed by atoms with Crippen LogP contribution in [0.15, 0.2) is 42.7 Å². The summed E-state index contributed by atoms with van der Waals surface area (Å²) in [6.45, 7) is 1.90. The van der Waals surface area contributed by atoms with Gasteiger partial charge < -0.3 is 0 Å². The van der Waals surface area contributed by atoms with Crippen molar-refractivity contribution in [2.24, 2.45) is 7.05 Å². The van der Waals surface area contributed by atoms with Crippen LogP contribution in [0.25, 0.3) is 0 Å². The average molecular weight is 215 g/mol. The van der Waals surface area contributed by atoms with Gasteiger partial charge in [-0.05, 0) is 12.6 Å². The number of aromatic nitrogens is 2. The number of rotatable bonds is 4. The Kier molecular flexibility index (Phi) is 3.37. The minimum atomic E-state index is 0.933. The monoisotopic (exact) mass is 215 g/mol. The van der Waals surface area contributed by atoms with Gasteiger partial charge in [-0.3, -0.25) is 9.58 Å². The molecule has 3 nitrogen and oxygen atoms in total. The van der Waals surface area contributed by atoms with Gasteiger partial charge in [0.15, 0.2) is 0 Å². The number of benzene rings is 1. The van der Waals surface area contributed by atoms with Gasteiger partial charge in [-0.1, -0.05) is 30.3 Å². The first-order valence-corrected chi connectivity index (χ1v) is 5.44. The molecular formula is C13H17N3. The van der Waals surface area contributed by atoms with Crippen molar-refractivity contribution in [3.63, 3.8) is 0 Å². The highest BCUT2D eigenvalue weighted by atomic mass is 15.2. The maximum atomic E-state index is 4.17. The van der Waals surface area contributed by atoms with Crippen LogP contribution in [0.3, 0.4) is 0 Å². The predicted octanol–water partition coefficient (Wildman–Crippen LogP) is 2.05. The van der Waals surface area contributed by atoms with E-state index in [-0.39, 0.29) is 0 Å². The minimum Gasteiger partial charge on any atom is -0.298 e. The molecule has 0 saturated carbocycles. The van der Waals surface area contributed by atoms with Gasteiger partial charge in [0, 0.05) is 31.9 Å². The standard InChI is InChI=1S/C13H17N3/c1-15(9-12-6-4-3-5-7-12)10-13-8-14-16(2)11-13/h3-8,11H,9-10H2,1-2H3. The van der Waals surface area contributed by atoms with Gasteiger partial charge in [-0.2, -0.15) is 5.10 Å². The molecule has 84 valence electrons. The summed E-state index contributed by atoms with van der Waals surface area (Å²) in [7, 11) is 4.07. The lowest BCUT2D eigenvalue weighted by Gasteiger charge is -2.15. The fourth-order valence-electron chi connectivity index (χ4n) is 1.82. The molecule has 2 rings (SSSR count). The van der Waals surface area contributed by atoms with E-state index in [0.717, 1.165) is 13.1 Å². The van der Waals surface area contributed by atoms with E-state index in [0.29, 0.717) is 0 Å². The van der Waals surface area contributed by atoms with Gasteiger partial charge in [-0.25, -0.2) is 0 Å². The Hall–Kier alpha value is -1.61. The number of hydrogen-bond acceptors (Lipinski definition) is 2. The van der Waals surface area contributed by atoms with Crippen molar-refractivity contribution in [3.8, 4) is 0 Å². The van der Waals surface area contributed by atoms with Crippen molar-refractivity contribution in [1.29, 1.82) is 0 Å². The largest absolute Gasteiger partial charge is 0.298 e. The van der Waals surface area contributed by atoms with Gasteiger partial charge in [0.2, 0.25) is 0 Å². The molecule has 0 spiro atoms. The molecule has 3 heteroatoms. The van der Waals surface area contributed by atoms with Crippen molar-refractivity contribution >= 4 is 0 Å². The van der Waals surface area contributed by atoms with E-state index in [2.05, 4.69) is 47.5 Å². The highest BCUT2D eigenvalue weighted by Crippen LogP contribution is 2.06. The normalized spacial score (nSPS) is 10.9. The summed E-state index contributed by atoms with van der Waals surface area (Å²) in [6.07, 6.45) is 3.98. The second-order valence-corrected chi connectivity index (χ2v) is 4.18. The zero-order chi connectivity index (χ0) is 11.4. The third kappa shape index (κ3) is 2.94. The number of hydrogen-bond donors (Lipinski definition) is 0. The molecule has 0 aliphatic rings. The molecule has 2 aromatic rings. The third-order valence-electron chi connectivity index (χ3n) is 2.51. The molecule has 0 atom stereocenters. The van der Waals surface area contributed by atoms with E-state index in [9.17, 15) is 0 Å². The van der Waals surface area contributed by atoms with Crippen LogP contribution in [-0.2, 0) is 20.1 Å². The first-order valence-electron chi connectivity index (χ1n) is 5.44. The van der Waals surface area contributed by atoms with E-state index in [1.54, 1.807) is 0 Å². The van der Waals surface area contributed by atoms with Crippen LogP contribution in [-0.4, -0.2) is 21.7 Å². The maximum absolute atomic E-state index is 4.17. The molecule has 0 fully saturated rings. The highest BCUT2D eigenvalue weighted by Gasteiger charge is 2.02. The van der Waals surface area contributed by atoms with Gasteiger partial charge in [0.25, 0.3) is 0 Å². The molecule has 0 bridgehead atoms. The van der Waals surface area contributed by atoms with Crippen LogP contribution >= 0.6 is 0 Å². The topological polar surface area (TPSA) is 21.1 Å². The molecule has 0 saturated heterocycles. The fourth-order valence-corrected chi connectivity index (χ4v) is 1.82. The van der Waals surface area contributed by atoms with Crippen LogP contribution in [0, 0.1) is 0 Å². The van der Waals surface area contributed by atoms with Crippen LogP contribution in [0.5, 0.6) is 0 Å². The molecule has 0 aliphatic heterocycles. The van der Waals surface area contributed by atoms with Crippen LogP contribution in [0.1, 0.15) is 11.1 Å². The van der Waals surface area contributed by atoms with Crippen molar-refractivity contribution < 1.29 is 0 Å². The summed E-state index contributed by atoms with van der Waals surface area (Å²) >= 11 is 0. The van der Waals surface area contributed by atoms with Gasteiger partial charge >= 0.3 is 0 Å². The lowest BCUT2D eigenvalue weighted by Crippen LogP contribution is -2.16. The summed E-state index contributed by atoms with van der Waals surface area (Å²) in [5.74, 6) is 0. The Labute approximate surface area is 96.3 Å². The molecule has 0 amide bonds. The zero-order valence-electron chi connectivity index (χ0n) is 9.80. The quantitative estimate of drug-likeness (QED) is 0.778. The second-order valence-electron chi connectivity index (χ2n) is 4.18. The molecule has 16 heavy (non-hydrogen) atoms. The second kappa shape index (κ2) is 4.94. The molecule has 0 unspecified atom stereocenters. The van der Waals surface area contributed by atoms with Crippen LogP contribution in [0.2, 0.25) is 0 Å². The highest BCUT2D eigenvalue weighted by molar-refractivity contribution is 5.14. The molecule has 0 radical (unpaired) electrons. The lowest BCUT2D eigenvalue weighted by molar-refractivity contribution is 0.319. The van der Waals surface area contributed by atoms with Crippen molar-refractivity contribution in [1.82, 2.24) is 14.7 Å². The Morgan fingerprint density at radius 1 is 1.12 bits per heavy atom. The summed E-state index contributed by atoms with van der Waals surface area (Å²) in [5, 5.41) is 4.17. The van der Waals surface area contributed by atoms with E-state index < -0.39 is 0 Å². The zero-order valence-corrected chi connectivity index (χ0v) is 9.80. The Balaban J connectivity index is 1.92. The molecule has 1 aromatic carbocycles. The third-order valence-corrected chi connectivity index (χ3v) is 2.51. The Bertz CT molecular complexity index is 433. The Morgan fingerprint density at radius 3 is 2.44 bits per heavy atom. The Morgan fingerprint density at radius 2 is 1.81 bits per heavy atom. The first-order chi connectivity index (χ1) is 7.74. The molecular weight excluding hydrogens is 198 g/mol. The van der Waals surface area contributed by atoms with E-state index in [1.165, 1.54) is 11.1 Å². The lowest BCUT2D eigenvalue weighted by atomic mass is 10.2. The van der Waals surface area contributed by atoms with Gasteiger partial charge in [0.05, 0.1) is 6.20 Å². The van der Waals surface area contributed by atoms with E-state index in [1.807, 2.05) is 24.0 Å². The number of aryl methyl sites for hydroxylation is 1. The molecule has 0 aliphatic carbocycles.